The Bertz CT molecular complexity index is 509. The molecule has 0 saturated carbocycles. The molecule has 2 aromatic rings. The van der Waals surface area contributed by atoms with Crippen LogP contribution in [0.1, 0.15) is 29.1 Å². The van der Waals surface area contributed by atoms with E-state index < -0.39 is 0 Å². The summed E-state index contributed by atoms with van der Waals surface area (Å²) in [7, 11) is 0. The highest BCUT2D eigenvalue weighted by Gasteiger charge is 2.13. The third-order valence-corrected chi connectivity index (χ3v) is 2.59. The average molecular weight is 250 g/mol. The topological polar surface area (TPSA) is 57.8 Å². The molecule has 0 fully saturated rings. The third kappa shape index (κ3) is 2.85. The van der Waals surface area contributed by atoms with Gasteiger partial charge in [0.1, 0.15) is 5.69 Å². The number of aromatic amines is 1. The maximum Gasteiger partial charge on any atom is 0.268 e. The summed E-state index contributed by atoms with van der Waals surface area (Å²) in [5.74, 6) is -0.199. The van der Waals surface area contributed by atoms with Crippen LogP contribution < -0.4 is 5.32 Å². The van der Waals surface area contributed by atoms with Crippen molar-refractivity contribution >= 4 is 17.5 Å². The lowest BCUT2D eigenvalue weighted by molar-refractivity contribution is 0.0934. The smallest absolute Gasteiger partial charge is 0.268 e. The van der Waals surface area contributed by atoms with Gasteiger partial charge in [0.2, 0.25) is 0 Å². The number of hydrogen-bond donors (Lipinski definition) is 2. The fraction of sp³-hybridized carbons (Fsp3) is 0.167. The standard InChI is InChI=1S/C12H12ClN3O/c1-8(10-4-2-3-5-14-10)16-12(17)11-6-9(13)7-15-11/h2-8,15H,1H3,(H,16,17). The number of hydrogen-bond acceptors (Lipinski definition) is 2. The molecule has 0 saturated heterocycles. The minimum atomic E-state index is -0.199. The van der Waals surface area contributed by atoms with Crippen LogP contribution >= 0.6 is 11.6 Å². The Morgan fingerprint density at radius 3 is 2.94 bits per heavy atom. The van der Waals surface area contributed by atoms with Gasteiger partial charge >= 0.3 is 0 Å². The van der Waals surface area contributed by atoms with Crippen LogP contribution in [0, 0.1) is 0 Å². The molecule has 0 aliphatic carbocycles. The molecule has 88 valence electrons. The monoisotopic (exact) mass is 249 g/mol. The fourth-order valence-electron chi connectivity index (χ4n) is 1.48. The van der Waals surface area contributed by atoms with Gasteiger partial charge < -0.3 is 10.3 Å². The van der Waals surface area contributed by atoms with E-state index in [0.717, 1.165) is 5.69 Å². The molecule has 0 bridgehead atoms. The van der Waals surface area contributed by atoms with Gasteiger partial charge in [-0.05, 0) is 25.1 Å². The lowest BCUT2D eigenvalue weighted by Gasteiger charge is -2.12. The molecule has 1 amide bonds. The molecule has 4 nitrogen and oxygen atoms in total. The summed E-state index contributed by atoms with van der Waals surface area (Å²) in [5.41, 5.74) is 1.26. The molecule has 17 heavy (non-hydrogen) atoms. The second kappa shape index (κ2) is 5.01. The molecular weight excluding hydrogens is 238 g/mol. The number of nitrogens with zero attached hydrogens (tertiary/aromatic N) is 1. The van der Waals surface area contributed by atoms with E-state index in [1.54, 1.807) is 18.5 Å². The van der Waals surface area contributed by atoms with Gasteiger partial charge in [-0.2, -0.15) is 0 Å². The lowest BCUT2D eigenvalue weighted by atomic mass is 10.2. The Morgan fingerprint density at radius 2 is 2.35 bits per heavy atom. The highest BCUT2D eigenvalue weighted by molar-refractivity contribution is 6.30. The minimum Gasteiger partial charge on any atom is -0.356 e. The van der Waals surface area contributed by atoms with Crippen LogP contribution in [0.3, 0.4) is 0 Å². The zero-order valence-corrected chi connectivity index (χ0v) is 10.0. The molecule has 2 aromatic heterocycles. The molecule has 0 spiro atoms. The third-order valence-electron chi connectivity index (χ3n) is 2.37. The van der Waals surface area contributed by atoms with Crippen LogP contribution in [0.5, 0.6) is 0 Å². The van der Waals surface area contributed by atoms with E-state index in [9.17, 15) is 4.79 Å². The van der Waals surface area contributed by atoms with E-state index in [1.165, 1.54) is 0 Å². The van der Waals surface area contributed by atoms with Crippen LogP contribution in [-0.4, -0.2) is 15.9 Å². The first kappa shape index (κ1) is 11.7. The van der Waals surface area contributed by atoms with Gasteiger partial charge in [-0.15, -0.1) is 0 Å². The maximum atomic E-state index is 11.8. The zero-order valence-electron chi connectivity index (χ0n) is 9.27. The Balaban J connectivity index is 2.04. The van der Waals surface area contributed by atoms with Gasteiger partial charge in [0.05, 0.1) is 16.8 Å². The highest BCUT2D eigenvalue weighted by Crippen LogP contribution is 2.12. The second-order valence-electron chi connectivity index (χ2n) is 3.68. The molecule has 5 heteroatoms. The van der Waals surface area contributed by atoms with E-state index in [2.05, 4.69) is 15.3 Å². The fourth-order valence-corrected chi connectivity index (χ4v) is 1.64. The zero-order chi connectivity index (χ0) is 12.3. The molecule has 0 radical (unpaired) electrons. The number of carbonyl (C=O) groups excluding carboxylic acids is 1. The van der Waals surface area contributed by atoms with E-state index >= 15 is 0 Å². The van der Waals surface area contributed by atoms with Gasteiger partial charge in [0.25, 0.3) is 5.91 Å². The van der Waals surface area contributed by atoms with E-state index in [-0.39, 0.29) is 11.9 Å². The number of nitrogens with one attached hydrogen (secondary N) is 2. The van der Waals surface area contributed by atoms with Crippen molar-refractivity contribution in [3.63, 3.8) is 0 Å². The molecular formula is C12H12ClN3O. The number of aromatic nitrogens is 2. The summed E-state index contributed by atoms with van der Waals surface area (Å²) in [4.78, 5) is 18.8. The van der Waals surface area contributed by atoms with Crippen LogP contribution in [0.2, 0.25) is 5.02 Å². The van der Waals surface area contributed by atoms with Crippen molar-refractivity contribution in [3.05, 3.63) is 53.1 Å². The number of carbonyl (C=O) groups is 1. The summed E-state index contributed by atoms with van der Waals surface area (Å²) >= 11 is 5.73. The SMILES string of the molecule is CC(NC(=O)c1cc(Cl)c[nH]1)c1ccccn1. The van der Waals surface area contributed by atoms with Crippen LogP contribution in [0.15, 0.2) is 36.7 Å². The lowest BCUT2D eigenvalue weighted by Crippen LogP contribution is -2.27. The summed E-state index contributed by atoms with van der Waals surface area (Å²) in [5, 5.41) is 3.35. The first-order valence-electron chi connectivity index (χ1n) is 5.22. The number of pyridine rings is 1. The number of rotatable bonds is 3. The molecule has 1 atom stereocenters. The first-order valence-corrected chi connectivity index (χ1v) is 5.60. The predicted octanol–water partition coefficient (Wildman–Crippen LogP) is 2.55. The second-order valence-corrected chi connectivity index (χ2v) is 4.12. The van der Waals surface area contributed by atoms with E-state index in [1.807, 2.05) is 25.1 Å². The van der Waals surface area contributed by atoms with Crippen molar-refractivity contribution in [2.75, 3.05) is 0 Å². The predicted molar refractivity (Wildman–Crippen MR) is 65.9 cm³/mol. The van der Waals surface area contributed by atoms with Crippen LogP contribution in [0.4, 0.5) is 0 Å². The molecule has 1 unspecified atom stereocenters. The Kier molecular flexibility index (Phi) is 3.44. The van der Waals surface area contributed by atoms with Crippen molar-refractivity contribution in [1.29, 1.82) is 0 Å². The van der Waals surface area contributed by atoms with Crippen molar-refractivity contribution in [1.82, 2.24) is 15.3 Å². The number of halogens is 1. The Labute approximate surface area is 104 Å². The van der Waals surface area contributed by atoms with E-state index in [4.69, 9.17) is 11.6 Å². The van der Waals surface area contributed by atoms with Crippen LogP contribution in [-0.2, 0) is 0 Å². The summed E-state index contributed by atoms with van der Waals surface area (Å²) in [6, 6.07) is 7.03. The van der Waals surface area contributed by atoms with Crippen LogP contribution in [0.25, 0.3) is 0 Å². The van der Waals surface area contributed by atoms with Crippen molar-refractivity contribution < 1.29 is 4.79 Å². The Morgan fingerprint density at radius 1 is 1.53 bits per heavy atom. The summed E-state index contributed by atoms with van der Waals surface area (Å²) in [6.45, 7) is 1.88. The highest BCUT2D eigenvalue weighted by atomic mass is 35.5. The molecule has 2 heterocycles. The van der Waals surface area contributed by atoms with Gasteiger partial charge in [0, 0.05) is 12.4 Å². The molecule has 0 aromatic carbocycles. The van der Waals surface area contributed by atoms with Gasteiger partial charge in [0.15, 0.2) is 0 Å². The quantitative estimate of drug-likeness (QED) is 0.878. The number of H-pyrrole nitrogens is 1. The van der Waals surface area contributed by atoms with E-state index in [0.29, 0.717) is 10.7 Å². The van der Waals surface area contributed by atoms with Crippen molar-refractivity contribution in [3.8, 4) is 0 Å². The average Bonchev–Trinajstić information content (AvgIpc) is 2.77. The Hall–Kier alpha value is -1.81. The summed E-state index contributed by atoms with van der Waals surface area (Å²) in [6.07, 6.45) is 3.27. The minimum absolute atomic E-state index is 0.147. The van der Waals surface area contributed by atoms with Gasteiger partial charge in [-0.25, -0.2) is 0 Å². The largest absolute Gasteiger partial charge is 0.356 e. The summed E-state index contributed by atoms with van der Waals surface area (Å²) < 4.78 is 0. The normalized spacial score (nSPS) is 12.1. The van der Waals surface area contributed by atoms with Gasteiger partial charge in [-0.3, -0.25) is 9.78 Å². The molecule has 2 N–H and O–H groups in total. The molecule has 0 aliphatic heterocycles. The molecule has 0 aliphatic rings. The maximum absolute atomic E-state index is 11.8. The van der Waals surface area contributed by atoms with Gasteiger partial charge in [-0.1, -0.05) is 17.7 Å². The number of amides is 1. The van der Waals surface area contributed by atoms with Crippen molar-refractivity contribution in [2.24, 2.45) is 0 Å². The first-order chi connectivity index (χ1) is 8.16. The van der Waals surface area contributed by atoms with Crippen molar-refractivity contribution in [2.45, 2.75) is 13.0 Å². The molecule has 2 rings (SSSR count).